The van der Waals surface area contributed by atoms with E-state index >= 15 is 0 Å². The van der Waals surface area contributed by atoms with E-state index in [4.69, 9.17) is 16.3 Å². The van der Waals surface area contributed by atoms with E-state index in [2.05, 4.69) is 5.32 Å². The van der Waals surface area contributed by atoms with Crippen LogP contribution in [-0.2, 0) is 4.79 Å². The minimum absolute atomic E-state index is 0.0968. The Morgan fingerprint density at radius 2 is 1.90 bits per heavy atom. The highest BCUT2D eigenvalue weighted by atomic mass is 35.5. The van der Waals surface area contributed by atoms with Crippen LogP contribution < -0.4 is 10.1 Å². The molecule has 0 aliphatic rings. The molecule has 0 heterocycles. The van der Waals surface area contributed by atoms with Gasteiger partial charge in [-0.3, -0.25) is 4.79 Å². The molecule has 0 saturated heterocycles. The number of hydrogen-bond donors (Lipinski definition) is 2. The first-order valence-corrected chi connectivity index (χ1v) is 7.00. The molecular formula is C15H22ClNO3. The van der Waals surface area contributed by atoms with Gasteiger partial charge in [-0.2, -0.15) is 0 Å². The highest BCUT2D eigenvalue weighted by Crippen LogP contribution is 2.21. The summed E-state index contributed by atoms with van der Waals surface area (Å²) in [7, 11) is 0. The van der Waals surface area contributed by atoms with Gasteiger partial charge in [0.15, 0.2) is 5.60 Å². The summed E-state index contributed by atoms with van der Waals surface area (Å²) >= 11 is 5.81. The summed E-state index contributed by atoms with van der Waals surface area (Å²) in [5.74, 6) is 0.454. The van der Waals surface area contributed by atoms with Gasteiger partial charge in [0.05, 0.1) is 12.6 Å². The summed E-state index contributed by atoms with van der Waals surface area (Å²) in [5, 5.41) is 12.7. The molecule has 5 heteroatoms. The molecular weight excluding hydrogens is 278 g/mol. The van der Waals surface area contributed by atoms with Gasteiger partial charge in [0.2, 0.25) is 0 Å². The molecule has 112 valence electrons. The van der Waals surface area contributed by atoms with E-state index in [-0.39, 0.29) is 24.5 Å². The molecule has 1 aromatic rings. The van der Waals surface area contributed by atoms with Crippen molar-refractivity contribution in [3.63, 3.8) is 0 Å². The van der Waals surface area contributed by atoms with Gasteiger partial charge in [0, 0.05) is 5.02 Å². The van der Waals surface area contributed by atoms with Crippen LogP contribution in [0, 0.1) is 5.92 Å². The number of amides is 1. The van der Waals surface area contributed by atoms with Crippen molar-refractivity contribution in [1.29, 1.82) is 0 Å². The lowest BCUT2D eigenvalue weighted by atomic mass is 10.0. The number of rotatable bonds is 6. The van der Waals surface area contributed by atoms with Crippen molar-refractivity contribution in [2.24, 2.45) is 5.92 Å². The van der Waals surface area contributed by atoms with Crippen LogP contribution in [0.2, 0.25) is 5.02 Å². The molecule has 1 aromatic carbocycles. The van der Waals surface area contributed by atoms with Crippen LogP contribution in [0.3, 0.4) is 0 Å². The third-order valence-electron chi connectivity index (χ3n) is 3.05. The SMILES string of the molecule is CC(C)C(CO)NC(=O)C(C)(C)Oc1ccc(Cl)cc1. The number of benzene rings is 1. The molecule has 0 radical (unpaired) electrons. The molecule has 0 fully saturated rings. The normalized spacial score (nSPS) is 13.2. The van der Waals surface area contributed by atoms with E-state index in [1.165, 1.54) is 0 Å². The van der Waals surface area contributed by atoms with Crippen molar-refractivity contribution < 1.29 is 14.6 Å². The fourth-order valence-electron chi connectivity index (χ4n) is 1.61. The number of carbonyl (C=O) groups excluding carboxylic acids is 1. The van der Waals surface area contributed by atoms with Crippen molar-refractivity contribution in [2.75, 3.05) is 6.61 Å². The maximum absolute atomic E-state index is 12.2. The minimum Gasteiger partial charge on any atom is -0.478 e. The molecule has 1 unspecified atom stereocenters. The molecule has 20 heavy (non-hydrogen) atoms. The number of ether oxygens (including phenoxy) is 1. The van der Waals surface area contributed by atoms with E-state index in [0.29, 0.717) is 10.8 Å². The van der Waals surface area contributed by atoms with Crippen molar-refractivity contribution in [3.05, 3.63) is 29.3 Å². The fraction of sp³-hybridized carbons (Fsp3) is 0.533. The Hall–Kier alpha value is -1.26. The van der Waals surface area contributed by atoms with Gasteiger partial charge >= 0.3 is 0 Å². The summed E-state index contributed by atoms with van der Waals surface area (Å²) in [5.41, 5.74) is -1.03. The third-order valence-corrected chi connectivity index (χ3v) is 3.30. The molecule has 0 aliphatic heterocycles. The van der Waals surface area contributed by atoms with Gasteiger partial charge in [0.25, 0.3) is 5.91 Å². The maximum Gasteiger partial charge on any atom is 0.263 e. The quantitative estimate of drug-likeness (QED) is 0.849. The van der Waals surface area contributed by atoms with E-state index < -0.39 is 5.60 Å². The van der Waals surface area contributed by atoms with Crippen molar-refractivity contribution in [3.8, 4) is 5.75 Å². The number of halogens is 1. The topological polar surface area (TPSA) is 58.6 Å². The summed E-state index contributed by atoms with van der Waals surface area (Å²) < 4.78 is 5.69. The van der Waals surface area contributed by atoms with Gasteiger partial charge < -0.3 is 15.2 Å². The molecule has 0 bridgehead atoms. The standard InChI is InChI=1S/C15H22ClNO3/c1-10(2)13(9-18)17-14(19)15(3,4)20-12-7-5-11(16)6-8-12/h5-8,10,13,18H,9H2,1-4H3,(H,17,19). The smallest absolute Gasteiger partial charge is 0.263 e. The van der Waals surface area contributed by atoms with E-state index in [0.717, 1.165) is 0 Å². The maximum atomic E-state index is 12.2. The number of aliphatic hydroxyl groups is 1. The first-order chi connectivity index (χ1) is 9.26. The number of hydrogen-bond acceptors (Lipinski definition) is 3. The van der Waals surface area contributed by atoms with Gasteiger partial charge in [-0.05, 0) is 44.0 Å². The van der Waals surface area contributed by atoms with Crippen LogP contribution in [0.1, 0.15) is 27.7 Å². The van der Waals surface area contributed by atoms with Crippen molar-refractivity contribution in [1.82, 2.24) is 5.32 Å². The second-order valence-electron chi connectivity index (χ2n) is 5.57. The number of aliphatic hydroxyl groups excluding tert-OH is 1. The van der Waals surface area contributed by atoms with E-state index in [1.54, 1.807) is 38.1 Å². The molecule has 1 amide bonds. The van der Waals surface area contributed by atoms with Crippen molar-refractivity contribution >= 4 is 17.5 Å². The molecule has 0 saturated carbocycles. The monoisotopic (exact) mass is 299 g/mol. The van der Waals surface area contributed by atoms with Crippen LogP contribution in [0.5, 0.6) is 5.75 Å². The summed E-state index contributed by atoms with van der Waals surface area (Å²) in [6, 6.07) is 6.55. The second kappa shape index (κ2) is 6.95. The van der Waals surface area contributed by atoms with Crippen molar-refractivity contribution in [2.45, 2.75) is 39.3 Å². The van der Waals surface area contributed by atoms with Gasteiger partial charge in [-0.15, -0.1) is 0 Å². The zero-order valence-corrected chi connectivity index (χ0v) is 13.1. The largest absolute Gasteiger partial charge is 0.478 e. The predicted octanol–water partition coefficient (Wildman–Crippen LogP) is 2.63. The van der Waals surface area contributed by atoms with Gasteiger partial charge in [0.1, 0.15) is 5.75 Å². The number of nitrogens with one attached hydrogen (secondary N) is 1. The summed E-state index contributed by atoms with van der Waals surface area (Å²) in [6.45, 7) is 7.15. The predicted molar refractivity (Wildman–Crippen MR) is 80.0 cm³/mol. The molecule has 0 spiro atoms. The first kappa shape index (κ1) is 16.8. The Balaban J connectivity index is 2.72. The molecule has 1 atom stereocenters. The van der Waals surface area contributed by atoms with Gasteiger partial charge in [-0.25, -0.2) is 0 Å². The first-order valence-electron chi connectivity index (χ1n) is 6.62. The Bertz CT molecular complexity index is 443. The Morgan fingerprint density at radius 1 is 1.35 bits per heavy atom. The Morgan fingerprint density at radius 3 is 2.35 bits per heavy atom. The van der Waals surface area contributed by atoms with Crippen LogP contribution in [0.15, 0.2) is 24.3 Å². The molecule has 1 rings (SSSR count). The summed E-state index contributed by atoms with van der Waals surface area (Å²) in [6.07, 6.45) is 0. The lowest BCUT2D eigenvalue weighted by Crippen LogP contribution is -2.52. The molecule has 0 aromatic heterocycles. The Labute approximate surface area is 125 Å². The second-order valence-corrected chi connectivity index (χ2v) is 6.01. The lowest BCUT2D eigenvalue weighted by Gasteiger charge is -2.29. The van der Waals surface area contributed by atoms with Crippen LogP contribution in [-0.4, -0.2) is 29.3 Å². The average molecular weight is 300 g/mol. The van der Waals surface area contributed by atoms with Crippen LogP contribution >= 0.6 is 11.6 Å². The minimum atomic E-state index is -1.03. The Kier molecular flexibility index (Phi) is 5.84. The third kappa shape index (κ3) is 4.69. The average Bonchev–Trinajstić information content (AvgIpc) is 2.37. The molecule has 2 N–H and O–H groups in total. The zero-order chi connectivity index (χ0) is 15.3. The lowest BCUT2D eigenvalue weighted by molar-refractivity contribution is -0.135. The van der Waals surface area contributed by atoms with E-state index in [9.17, 15) is 9.90 Å². The van der Waals surface area contributed by atoms with Gasteiger partial charge in [-0.1, -0.05) is 25.4 Å². The van der Waals surface area contributed by atoms with Crippen LogP contribution in [0.4, 0.5) is 0 Å². The van der Waals surface area contributed by atoms with E-state index in [1.807, 2.05) is 13.8 Å². The zero-order valence-electron chi connectivity index (χ0n) is 12.3. The molecule has 0 aliphatic carbocycles. The number of carbonyl (C=O) groups is 1. The highest BCUT2D eigenvalue weighted by Gasteiger charge is 2.32. The molecule has 4 nitrogen and oxygen atoms in total. The van der Waals surface area contributed by atoms with Crippen LogP contribution in [0.25, 0.3) is 0 Å². The fourth-order valence-corrected chi connectivity index (χ4v) is 1.73. The highest BCUT2D eigenvalue weighted by molar-refractivity contribution is 6.30. The summed E-state index contributed by atoms with van der Waals surface area (Å²) in [4.78, 5) is 12.2.